The second-order valence-corrected chi connectivity index (χ2v) is 4.84. The first-order valence-electron chi connectivity index (χ1n) is 6.25. The number of aliphatic carboxylic acids is 1. The molecule has 0 atom stereocenters. The molecule has 1 aromatic carbocycles. The van der Waals surface area contributed by atoms with Gasteiger partial charge in [-0.25, -0.2) is 0 Å². The predicted molar refractivity (Wildman–Crippen MR) is 70.0 cm³/mol. The molecule has 5 nitrogen and oxygen atoms in total. The van der Waals surface area contributed by atoms with Crippen LogP contribution in [-0.2, 0) is 4.79 Å². The molecule has 0 bridgehead atoms. The Morgan fingerprint density at radius 1 is 1.32 bits per heavy atom. The Morgan fingerprint density at radius 3 is 2.79 bits per heavy atom. The van der Waals surface area contributed by atoms with Gasteiger partial charge in [-0.3, -0.25) is 9.59 Å². The molecule has 2 aromatic rings. The summed E-state index contributed by atoms with van der Waals surface area (Å²) in [5.41, 5.74) is 1.42. The van der Waals surface area contributed by atoms with E-state index in [4.69, 9.17) is 5.11 Å². The molecule has 0 aliphatic heterocycles. The molecule has 0 spiro atoms. The van der Waals surface area contributed by atoms with Crippen molar-refractivity contribution in [2.24, 2.45) is 0 Å². The van der Waals surface area contributed by atoms with Gasteiger partial charge in [-0.1, -0.05) is 6.07 Å². The van der Waals surface area contributed by atoms with Crippen molar-refractivity contribution in [3.8, 4) is 0 Å². The standard InChI is InChI=1S/C14H14N2O3/c17-13(18)8-16(11-3-4-11)14(19)10-2-1-9-5-6-15-12(9)7-10/h1-2,5-7,11,15H,3-4,8H2,(H,17,18). The van der Waals surface area contributed by atoms with Gasteiger partial charge in [-0.2, -0.15) is 0 Å². The van der Waals surface area contributed by atoms with Gasteiger partial charge in [0.25, 0.3) is 5.91 Å². The maximum Gasteiger partial charge on any atom is 0.323 e. The number of nitrogens with one attached hydrogen (secondary N) is 1. The number of fused-ring (bicyclic) bond motifs is 1. The number of hydrogen-bond acceptors (Lipinski definition) is 2. The fourth-order valence-electron chi connectivity index (χ4n) is 2.25. The van der Waals surface area contributed by atoms with E-state index < -0.39 is 5.97 Å². The number of carboxylic acid groups (broad SMARTS) is 1. The number of aromatic amines is 1. The summed E-state index contributed by atoms with van der Waals surface area (Å²) in [6.45, 7) is -0.230. The van der Waals surface area contributed by atoms with E-state index in [1.165, 1.54) is 4.90 Å². The van der Waals surface area contributed by atoms with Crippen LogP contribution < -0.4 is 0 Å². The van der Waals surface area contributed by atoms with Crippen LogP contribution in [0, 0.1) is 0 Å². The number of carbonyl (C=O) groups excluding carboxylic acids is 1. The van der Waals surface area contributed by atoms with Crippen LogP contribution in [0.4, 0.5) is 0 Å². The minimum Gasteiger partial charge on any atom is -0.480 e. The zero-order valence-electron chi connectivity index (χ0n) is 10.3. The van der Waals surface area contributed by atoms with Gasteiger partial charge in [0, 0.05) is 23.3 Å². The monoisotopic (exact) mass is 258 g/mol. The van der Waals surface area contributed by atoms with E-state index in [-0.39, 0.29) is 18.5 Å². The fourth-order valence-corrected chi connectivity index (χ4v) is 2.25. The SMILES string of the molecule is O=C(O)CN(C(=O)c1ccc2cc[nH]c2c1)C1CC1. The van der Waals surface area contributed by atoms with Crippen LogP contribution in [0.1, 0.15) is 23.2 Å². The third kappa shape index (κ3) is 2.31. The summed E-state index contributed by atoms with van der Waals surface area (Å²) in [6.07, 6.45) is 3.60. The third-order valence-corrected chi connectivity index (χ3v) is 3.36. The Morgan fingerprint density at radius 2 is 2.11 bits per heavy atom. The van der Waals surface area contributed by atoms with Crippen molar-refractivity contribution in [3.05, 3.63) is 36.0 Å². The van der Waals surface area contributed by atoms with Gasteiger partial charge >= 0.3 is 5.97 Å². The summed E-state index contributed by atoms with van der Waals surface area (Å²) in [4.78, 5) is 27.7. The van der Waals surface area contributed by atoms with Crippen LogP contribution in [-0.4, -0.2) is 39.5 Å². The van der Waals surface area contributed by atoms with Crippen LogP contribution in [0.3, 0.4) is 0 Å². The second-order valence-electron chi connectivity index (χ2n) is 4.84. The Hall–Kier alpha value is -2.30. The summed E-state index contributed by atoms with van der Waals surface area (Å²) < 4.78 is 0. The van der Waals surface area contributed by atoms with E-state index in [1.54, 1.807) is 12.1 Å². The number of aromatic nitrogens is 1. The summed E-state index contributed by atoms with van der Waals surface area (Å²) in [5.74, 6) is -1.18. The smallest absolute Gasteiger partial charge is 0.323 e. The van der Waals surface area contributed by atoms with Crippen molar-refractivity contribution < 1.29 is 14.7 Å². The molecule has 3 rings (SSSR count). The number of carbonyl (C=O) groups is 2. The van der Waals surface area contributed by atoms with E-state index >= 15 is 0 Å². The third-order valence-electron chi connectivity index (χ3n) is 3.36. The van der Waals surface area contributed by atoms with Crippen LogP contribution in [0.5, 0.6) is 0 Å². The molecule has 0 saturated heterocycles. The number of carboxylic acids is 1. The second kappa shape index (κ2) is 4.42. The minimum atomic E-state index is -0.971. The molecular formula is C14H14N2O3. The predicted octanol–water partition coefficient (Wildman–Crippen LogP) is 1.86. The molecule has 98 valence electrons. The molecule has 1 amide bonds. The van der Waals surface area contributed by atoms with Crippen LogP contribution >= 0.6 is 0 Å². The fraction of sp³-hybridized carbons (Fsp3) is 0.286. The summed E-state index contributed by atoms with van der Waals surface area (Å²) in [5, 5.41) is 9.93. The average molecular weight is 258 g/mol. The Kier molecular flexibility index (Phi) is 2.74. The van der Waals surface area contributed by atoms with Crippen molar-refractivity contribution in [1.82, 2.24) is 9.88 Å². The number of hydrogen-bond donors (Lipinski definition) is 2. The molecule has 2 N–H and O–H groups in total. The molecule has 0 radical (unpaired) electrons. The lowest BCUT2D eigenvalue weighted by atomic mass is 10.1. The Bertz CT molecular complexity index is 643. The number of benzene rings is 1. The van der Waals surface area contributed by atoms with E-state index in [2.05, 4.69) is 4.98 Å². The Balaban J connectivity index is 1.89. The van der Waals surface area contributed by atoms with E-state index in [0.717, 1.165) is 23.7 Å². The number of rotatable bonds is 4. The molecule has 1 aromatic heterocycles. The van der Waals surface area contributed by atoms with Gasteiger partial charge in [-0.15, -0.1) is 0 Å². The highest BCUT2D eigenvalue weighted by Crippen LogP contribution is 2.28. The summed E-state index contributed by atoms with van der Waals surface area (Å²) >= 11 is 0. The lowest BCUT2D eigenvalue weighted by molar-refractivity contribution is -0.137. The molecule has 1 saturated carbocycles. The van der Waals surface area contributed by atoms with Crippen LogP contribution in [0.15, 0.2) is 30.5 Å². The first-order chi connectivity index (χ1) is 9.15. The van der Waals surface area contributed by atoms with Gasteiger partial charge in [0.2, 0.25) is 0 Å². The maximum atomic E-state index is 12.4. The van der Waals surface area contributed by atoms with E-state index in [0.29, 0.717) is 5.56 Å². The molecule has 5 heteroatoms. The van der Waals surface area contributed by atoms with Crippen LogP contribution in [0.2, 0.25) is 0 Å². The maximum absolute atomic E-state index is 12.4. The molecule has 1 aliphatic rings. The molecule has 1 heterocycles. The number of amides is 1. The average Bonchev–Trinajstić information content (AvgIpc) is 3.12. The van der Waals surface area contributed by atoms with Crippen molar-refractivity contribution in [1.29, 1.82) is 0 Å². The highest BCUT2D eigenvalue weighted by atomic mass is 16.4. The van der Waals surface area contributed by atoms with Gasteiger partial charge in [0.15, 0.2) is 0 Å². The highest BCUT2D eigenvalue weighted by molar-refractivity contribution is 5.99. The summed E-state index contributed by atoms with van der Waals surface area (Å²) in [7, 11) is 0. The lowest BCUT2D eigenvalue weighted by Gasteiger charge is -2.20. The zero-order chi connectivity index (χ0) is 13.4. The zero-order valence-corrected chi connectivity index (χ0v) is 10.3. The Labute approximate surface area is 109 Å². The molecule has 1 aliphatic carbocycles. The topological polar surface area (TPSA) is 73.4 Å². The van der Waals surface area contributed by atoms with Gasteiger partial charge in [-0.05, 0) is 36.4 Å². The van der Waals surface area contributed by atoms with Gasteiger partial charge in [0.05, 0.1) is 0 Å². The lowest BCUT2D eigenvalue weighted by Crippen LogP contribution is -2.37. The van der Waals surface area contributed by atoms with Crippen molar-refractivity contribution in [3.63, 3.8) is 0 Å². The molecular weight excluding hydrogens is 244 g/mol. The van der Waals surface area contributed by atoms with Crippen molar-refractivity contribution in [2.45, 2.75) is 18.9 Å². The van der Waals surface area contributed by atoms with Crippen LogP contribution in [0.25, 0.3) is 10.9 Å². The largest absolute Gasteiger partial charge is 0.480 e. The first-order valence-corrected chi connectivity index (χ1v) is 6.25. The number of H-pyrrole nitrogens is 1. The molecule has 19 heavy (non-hydrogen) atoms. The quantitative estimate of drug-likeness (QED) is 0.879. The van der Waals surface area contributed by atoms with Gasteiger partial charge < -0.3 is 15.0 Å². The van der Waals surface area contributed by atoms with E-state index in [9.17, 15) is 9.59 Å². The van der Waals surface area contributed by atoms with Crippen molar-refractivity contribution in [2.75, 3.05) is 6.54 Å². The minimum absolute atomic E-state index is 0.0861. The van der Waals surface area contributed by atoms with E-state index in [1.807, 2.05) is 18.3 Å². The van der Waals surface area contributed by atoms with Crippen molar-refractivity contribution >= 4 is 22.8 Å². The first kappa shape index (κ1) is 11.8. The molecule has 1 fully saturated rings. The summed E-state index contributed by atoms with van der Waals surface area (Å²) in [6, 6.07) is 7.40. The normalized spacial score (nSPS) is 14.5. The highest BCUT2D eigenvalue weighted by Gasteiger charge is 2.34. The van der Waals surface area contributed by atoms with Gasteiger partial charge in [0.1, 0.15) is 6.54 Å². The molecule has 0 unspecified atom stereocenters. The number of nitrogens with zero attached hydrogens (tertiary/aromatic N) is 1.